The molecule has 4 amide bonds. The van der Waals surface area contributed by atoms with Gasteiger partial charge in [0.2, 0.25) is 23.6 Å². The number of unbranched alkanes of at least 4 members (excludes halogenated alkanes) is 4. The van der Waals surface area contributed by atoms with Crippen molar-refractivity contribution in [2.45, 2.75) is 77.2 Å². The fraction of sp³-hybridized carbons (Fsp3) is 0.700. The van der Waals surface area contributed by atoms with Crippen LogP contribution >= 0.6 is 0 Å². The van der Waals surface area contributed by atoms with Crippen molar-refractivity contribution in [2.24, 2.45) is 5.73 Å². The molecule has 0 saturated heterocycles. The number of primary amides is 1. The van der Waals surface area contributed by atoms with Gasteiger partial charge in [0, 0.05) is 39.3 Å². The van der Waals surface area contributed by atoms with Gasteiger partial charge in [-0.1, -0.05) is 6.42 Å². The normalized spacial score (nSPS) is 11.1. The second-order valence-electron chi connectivity index (χ2n) is 6.72. The van der Waals surface area contributed by atoms with Gasteiger partial charge in [0.1, 0.15) is 6.04 Å². The molecule has 0 rings (SSSR count). The van der Waals surface area contributed by atoms with Gasteiger partial charge in [-0.05, 0) is 38.5 Å². The largest absolute Gasteiger partial charge is 0.368 e. The summed E-state index contributed by atoms with van der Waals surface area (Å²) in [5, 5.41) is 8.17. The minimum atomic E-state index is -0.696. The van der Waals surface area contributed by atoms with E-state index in [1.54, 1.807) is 0 Å². The molecule has 158 valence electrons. The van der Waals surface area contributed by atoms with Crippen LogP contribution in [0, 0.1) is 12.3 Å². The van der Waals surface area contributed by atoms with Crippen LogP contribution in [-0.2, 0) is 19.2 Å². The van der Waals surface area contributed by atoms with Crippen molar-refractivity contribution in [3.8, 4) is 12.3 Å². The van der Waals surface area contributed by atoms with Crippen LogP contribution in [0.15, 0.2) is 0 Å². The zero-order chi connectivity index (χ0) is 21.2. The number of hydrogen-bond acceptors (Lipinski definition) is 4. The topological polar surface area (TPSA) is 130 Å². The molecule has 0 bridgehead atoms. The minimum Gasteiger partial charge on any atom is -0.368 e. The molecular weight excluding hydrogens is 360 g/mol. The highest BCUT2D eigenvalue weighted by Crippen LogP contribution is 2.04. The Balaban J connectivity index is 3.86. The fourth-order valence-corrected chi connectivity index (χ4v) is 2.54. The van der Waals surface area contributed by atoms with E-state index in [-0.39, 0.29) is 17.7 Å². The van der Waals surface area contributed by atoms with E-state index in [0.29, 0.717) is 64.5 Å². The maximum atomic E-state index is 11.9. The summed E-state index contributed by atoms with van der Waals surface area (Å²) in [7, 11) is 0. The second-order valence-corrected chi connectivity index (χ2v) is 6.72. The van der Waals surface area contributed by atoms with Crippen LogP contribution in [0.2, 0.25) is 0 Å². The lowest BCUT2D eigenvalue weighted by molar-refractivity contribution is -0.127. The lowest BCUT2D eigenvalue weighted by atomic mass is 10.1. The van der Waals surface area contributed by atoms with E-state index in [1.165, 1.54) is 6.92 Å². The molecule has 0 aromatic heterocycles. The average Bonchev–Trinajstić information content (AvgIpc) is 2.63. The van der Waals surface area contributed by atoms with E-state index in [0.717, 1.165) is 12.8 Å². The first-order chi connectivity index (χ1) is 13.4. The van der Waals surface area contributed by atoms with Crippen LogP contribution in [-0.4, -0.2) is 42.8 Å². The number of nitrogens with two attached hydrogens (primary N) is 1. The van der Waals surface area contributed by atoms with Crippen molar-refractivity contribution < 1.29 is 19.2 Å². The maximum Gasteiger partial charge on any atom is 0.239 e. The molecule has 1 atom stereocenters. The molecule has 0 fully saturated rings. The Morgan fingerprint density at radius 2 is 1.54 bits per heavy atom. The Kier molecular flexibility index (Phi) is 15.1. The molecule has 0 saturated carbocycles. The molecule has 0 aromatic carbocycles. The summed E-state index contributed by atoms with van der Waals surface area (Å²) in [6.07, 6.45) is 11.2. The molecule has 0 aliphatic carbocycles. The van der Waals surface area contributed by atoms with Crippen molar-refractivity contribution in [1.82, 2.24) is 16.0 Å². The van der Waals surface area contributed by atoms with Crippen molar-refractivity contribution in [1.29, 1.82) is 0 Å². The summed E-state index contributed by atoms with van der Waals surface area (Å²) in [5.74, 6) is 1.63. The van der Waals surface area contributed by atoms with E-state index in [4.69, 9.17) is 12.2 Å². The Labute approximate surface area is 167 Å². The zero-order valence-corrected chi connectivity index (χ0v) is 16.9. The second kappa shape index (κ2) is 16.6. The molecule has 0 aromatic rings. The SMILES string of the molecule is C#CCCCC(=O)NCCCC[C@H](NC(=O)CCCCCNC(C)=O)C(N)=O. The van der Waals surface area contributed by atoms with Crippen LogP contribution in [0.3, 0.4) is 0 Å². The lowest BCUT2D eigenvalue weighted by Gasteiger charge is -2.15. The summed E-state index contributed by atoms with van der Waals surface area (Å²) in [5.41, 5.74) is 5.36. The maximum absolute atomic E-state index is 11.9. The summed E-state index contributed by atoms with van der Waals surface area (Å²) < 4.78 is 0. The molecule has 0 aliphatic heterocycles. The monoisotopic (exact) mass is 394 g/mol. The van der Waals surface area contributed by atoms with Gasteiger partial charge < -0.3 is 21.7 Å². The molecular formula is C20H34N4O4. The first-order valence-electron chi connectivity index (χ1n) is 9.90. The van der Waals surface area contributed by atoms with E-state index >= 15 is 0 Å². The minimum absolute atomic E-state index is 0.0338. The van der Waals surface area contributed by atoms with E-state index < -0.39 is 11.9 Å². The van der Waals surface area contributed by atoms with E-state index in [9.17, 15) is 19.2 Å². The Morgan fingerprint density at radius 1 is 0.893 bits per heavy atom. The molecule has 5 N–H and O–H groups in total. The number of hydrogen-bond donors (Lipinski definition) is 4. The van der Waals surface area contributed by atoms with Crippen LogP contribution in [0.1, 0.15) is 71.1 Å². The number of carbonyl (C=O) groups excluding carboxylic acids is 4. The lowest BCUT2D eigenvalue weighted by Crippen LogP contribution is -2.44. The van der Waals surface area contributed by atoms with Gasteiger partial charge in [0.15, 0.2) is 0 Å². The zero-order valence-electron chi connectivity index (χ0n) is 16.9. The van der Waals surface area contributed by atoms with E-state index in [1.807, 2.05) is 0 Å². The predicted molar refractivity (Wildman–Crippen MR) is 108 cm³/mol. The number of nitrogens with one attached hydrogen (secondary N) is 3. The standard InChI is InChI=1S/C20H34N4O4/c1-3-4-6-12-18(26)23-15-10-8-11-17(20(21)28)24-19(27)13-7-5-9-14-22-16(2)25/h1,17H,4-15H2,2H3,(H2,21,28)(H,22,25)(H,23,26)(H,24,27)/t17-/m0/s1. The smallest absolute Gasteiger partial charge is 0.239 e. The summed E-state index contributed by atoms with van der Waals surface area (Å²) >= 11 is 0. The van der Waals surface area contributed by atoms with Gasteiger partial charge >= 0.3 is 0 Å². The Bertz CT molecular complexity index is 543. The predicted octanol–water partition coefficient (Wildman–Crippen LogP) is 0.743. The van der Waals surface area contributed by atoms with Crippen molar-refractivity contribution in [2.75, 3.05) is 13.1 Å². The highest BCUT2D eigenvalue weighted by atomic mass is 16.2. The van der Waals surface area contributed by atoms with Gasteiger partial charge in [0.25, 0.3) is 0 Å². The number of carbonyl (C=O) groups is 4. The third-order valence-electron chi connectivity index (χ3n) is 4.10. The molecule has 28 heavy (non-hydrogen) atoms. The van der Waals surface area contributed by atoms with Gasteiger partial charge in [0.05, 0.1) is 0 Å². The molecule has 0 spiro atoms. The third kappa shape index (κ3) is 15.7. The van der Waals surface area contributed by atoms with Crippen molar-refractivity contribution >= 4 is 23.6 Å². The van der Waals surface area contributed by atoms with Crippen LogP contribution in [0.5, 0.6) is 0 Å². The van der Waals surface area contributed by atoms with Gasteiger partial charge in [-0.3, -0.25) is 19.2 Å². The first-order valence-corrected chi connectivity index (χ1v) is 9.90. The average molecular weight is 395 g/mol. The number of rotatable bonds is 16. The highest BCUT2D eigenvalue weighted by Gasteiger charge is 2.17. The van der Waals surface area contributed by atoms with Gasteiger partial charge in [-0.25, -0.2) is 0 Å². The summed E-state index contributed by atoms with van der Waals surface area (Å²) in [6.45, 7) is 2.58. The first kappa shape index (κ1) is 25.4. The fourth-order valence-electron chi connectivity index (χ4n) is 2.54. The van der Waals surface area contributed by atoms with Crippen molar-refractivity contribution in [3.63, 3.8) is 0 Å². The van der Waals surface area contributed by atoms with Crippen LogP contribution in [0.25, 0.3) is 0 Å². The van der Waals surface area contributed by atoms with Gasteiger partial charge in [-0.2, -0.15) is 0 Å². The molecule has 8 heteroatoms. The van der Waals surface area contributed by atoms with Crippen molar-refractivity contribution in [3.05, 3.63) is 0 Å². The van der Waals surface area contributed by atoms with Gasteiger partial charge in [-0.15, -0.1) is 12.3 Å². The highest BCUT2D eigenvalue weighted by molar-refractivity contribution is 5.86. The third-order valence-corrected chi connectivity index (χ3v) is 4.10. The number of terminal acetylenes is 1. The molecule has 8 nitrogen and oxygen atoms in total. The molecule has 0 heterocycles. The van der Waals surface area contributed by atoms with Crippen LogP contribution < -0.4 is 21.7 Å². The Hall–Kier alpha value is -2.56. The molecule has 0 unspecified atom stereocenters. The summed E-state index contributed by atoms with van der Waals surface area (Å²) in [6, 6.07) is -0.696. The Morgan fingerprint density at radius 3 is 2.18 bits per heavy atom. The quantitative estimate of drug-likeness (QED) is 0.227. The van der Waals surface area contributed by atoms with E-state index in [2.05, 4.69) is 21.9 Å². The molecule has 0 radical (unpaired) electrons. The van der Waals surface area contributed by atoms with Crippen LogP contribution in [0.4, 0.5) is 0 Å². The summed E-state index contributed by atoms with van der Waals surface area (Å²) in [4.78, 5) is 45.7. The molecule has 0 aliphatic rings. The number of amides is 4.